The van der Waals surface area contributed by atoms with E-state index in [0.717, 1.165) is 0 Å². The number of nitrogens with zero attached hydrogens (tertiary/aromatic N) is 1. The SMILES string of the molecule is C=CCOc1ccc(/C=N\NC(=O)C(=O)NCCCOC)cc1OC. The summed E-state index contributed by atoms with van der Waals surface area (Å²) >= 11 is 0. The minimum Gasteiger partial charge on any atom is -0.493 e. The molecule has 1 aromatic carbocycles. The average Bonchev–Trinajstić information content (AvgIpc) is 2.63. The predicted octanol–water partition coefficient (Wildman–Crippen LogP) is 0.863. The molecule has 0 saturated heterocycles. The summed E-state index contributed by atoms with van der Waals surface area (Å²) in [5.74, 6) is -0.502. The van der Waals surface area contributed by atoms with Crippen molar-refractivity contribution in [2.45, 2.75) is 6.42 Å². The third kappa shape index (κ3) is 7.49. The molecule has 2 N–H and O–H groups in total. The molecule has 0 aliphatic heterocycles. The van der Waals surface area contributed by atoms with Gasteiger partial charge in [0.1, 0.15) is 6.61 Å². The summed E-state index contributed by atoms with van der Waals surface area (Å²) in [6, 6.07) is 5.15. The van der Waals surface area contributed by atoms with Crippen LogP contribution < -0.4 is 20.2 Å². The van der Waals surface area contributed by atoms with Crippen molar-refractivity contribution in [3.05, 3.63) is 36.4 Å². The first-order chi connectivity index (χ1) is 12.1. The summed E-state index contributed by atoms with van der Waals surface area (Å²) in [5.41, 5.74) is 2.83. The Hall–Kier alpha value is -2.87. The van der Waals surface area contributed by atoms with Crippen LogP contribution >= 0.6 is 0 Å². The lowest BCUT2D eigenvalue weighted by molar-refractivity contribution is -0.139. The highest BCUT2D eigenvalue weighted by molar-refractivity contribution is 6.35. The van der Waals surface area contributed by atoms with E-state index in [-0.39, 0.29) is 0 Å². The highest BCUT2D eigenvalue weighted by Gasteiger charge is 2.11. The van der Waals surface area contributed by atoms with Crippen molar-refractivity contribution in [2.24, 2.45) is 5.10 Å². The molecule has 0 aromatic heterocycles. The molecule has 8 nitrogen and oxygen atoms in total. The van der Waals surface area contributed by atoms with Gasteiger partial charge in [0.25, 0.3) is 0 Å². The van der Waals surface area contributed by atoms with Crippen molar-refractivity contribution in [2.75, 3.05) is 34.0 Å². The summed E-state index contributed by atoms with van der Waals surface area (Å²) in [6.07, 6.45) is 3.65. The summed E-state index contributed by atoms with van der Waals surface area (Å²) in [6.45, 7) is 4.80. The van der Waals surface area contributed by atoms with Crippen LogP contribution in [-0.4, -0.2) is 52.0 Å². The third-order valence-electron chi connectivity index (χ3n) is 2.94. The molecule has 0 aliphatic rings. The van der Waals surface area contributed by atoms with Crippen LogP contribution in [0.1, 0.15) is 12.0 Å². The second-order valence-electron chi connectivity index (χ2n) is 4.81. The van der Waals surface area contributed by atoms with Gasteiger partial charge < -0.3 is 19.5 Å². The van der Waals surface area contributed by atoms with Crippen LogP contribution in [0.5, 0.6) is 11.5 Å². The minimum absolute atomic E-state index is 0.354. The molecule has 0 radical (unpaired) electrons. The van der Waals surface area contributed by atoms with Gasteiger partial charge in [-0.05, 0) is 30.2 Å². The van der Waals surface area contributed by atoms with E-state index in [2.05, 4.69) is 22.4 Å². The monoisotopic (exact) mass is 349 g/mol. The van der Waals surface area contributed by atoms with Crippen molar-refractivity contribution in [3.63, 3.8) is 0 Å². The van der Waals surface area contributed by atoms with Crippen molar-refractivity contribution in [1.82, 2.24) is 10.7 Å². The summed E-state index contributed by atoms with van der Waals surface area (Å²) in [4.78, 5) is 23.1. The fourth-order valence-corrected chi connectivity index (χ4v) is 1.75. The number of amides is 2. The topological polar surface area (TPSA) is 98.2 Å². The van der Waals surface area contributed by atoms with Gasteiger partial charge in [-0.15, -0.1) is 0 Å². The van der Waals surface area contributed by atoms with Crippen LogP contribution in [0.4, 0.5) is 0 Å². The van der Waals surface area contributed by atoms with Gasteiger partial charge in [-0.2, -0.15) is 5.10 Å². The van der Waals surface area contributed by atoms with Crippen molar-refractivity contribution < 1.29 is 23.8 Å². The van der Waals surface area contributed by atoms with E-state index in [4.69, 9.17) is 14.2 Å². The maximum atomic E-state index is 11.6. The molecule has 0 spiro atoms. The number of nitrogens with one attached hydrogen (secondary N) is 2. The molecule has 0 unspecified atom stereocenters. The van der Waals surface area contributed by atoms with E-state index >= 15 is 0 Å². The van der Waals surface area contributed by atoms with Gasteiger partial charge in [-0.1, -0.05) is 12.7 Å². The van der Waals surface area contributed by atoms with Crippen LogP contribution in [0.25, 0.3) is 0 Å². The van der Waals surface area contributed by atoms with Crippen LogP contribution in [-0.2, 0) is 14.3 Å². The van der Waals surface area contributed by atoms with E-state index in [0.29, 0.717) is 43.2 Å². The van der Waals surface area contributed by atoms with Crippen LogP contribution in [0, 0.1) is 0 Å². The molecular formula is C17H23N3O5. The highest BCUT2D eigenvalue weighted by Crippen LogP contribution is 2.27. The van der Waals surface area contributed by atoms with Gasteiger partial charge in [0.2, 0.25) is 0 Å². The van der Waals surface area contributed by atoms with Crippen molar-refractivity contribution in [3.8, 4) is 11.5 Å². The molecule has 0 heterocycles. The van der Waals surface area contributed by atoms with Crippen LogP contribution in [0.15, 0.2) is 36.0 Å². The number of hydrogen-bond acceptors (Lipinski definition) is 6. The quantitative estimate of drug-likeness (QED) is 0.215. The summed E-state index contributed by atoms with van der Waals surface area (Å²) in [5, 5.41) is 6.21. The lowest BCUT2D eigenvalue weighted by atomic mass is 10.2. The van der Waals surface area contributed by atoms with Crippen LogP contribution in [0.3, 0.4) is 0 Å². The number of ether oxygens (including phenoxy) is 3. The Morgan fingerprint density at radius 2 is 2.04 bits per heavy atom. The zero-order chi connectivity index (χ0) is 18.5. The van der Waals surface area contributed by atoms with Crippen LogP contribution in [0.2, 0.25) is 0 Å². The molecule has 8 heteroatoms. The molecule has 0 aliphatic carbocycles. The highest BCUT2D eigenvalue weighted by atomic mass is 16.5. The van der Waals surface area contributed by atoms with E-state index in [1.807, 2.05) is 0 Å². The number of hydrogen-bond donors (Lipinski definition) is 2. The first kappa shape index (κ1) is 20.2. The van der Waals surface area contributed by atoms with E-state index < -0.39 is 11.8 Å². The lowest BCUT2D eigenvalue weighted by Crippen LogP contribution is -2.38. The molecule has 0 atom stereocenters. The van der Waals surface area contributed by atoms with Gasteiger partial charge >= 0.3 is 11.8 Å². The maximum absolute atomic E-state index is 11.6. The Morgan fingerprint density at radius 1 is 1.24 bits per heavy atom. The normalized spacial score (nSPS) is 10.3. The van der Waals surface area contributed by atoms with E-state index in [1.54, 1.807) is 31.4 Å². The van der Waals surface area contributed by atoms with Crippen molar-refractivity contribution >= 4 is 18.0 Å². The van der Waals surface area contributed by atoms with Crippen molar-refractivity contribution in [1.29, 1.82) is 0 Å². The fourth-order valence-electron chi connectivity index (χ4n) is 1.75. The second-order valence-corrected chi connectivity index (χ2v) is 4.81. The molecule has 0 saturated carbocycles. The third-order valence-corrected chi connectivity index (χ3v) is 2.94. The summed E-state index contributed by atoms with van der Waals surface area (Å²) in [7, 11) is 3.09. The maximum Gasteiger partial charge on any atom is 0.329 e. The second kappa shape index (κ2) is 11.6. The molecule has 2 amide bonds. The lowest BCUT2D eigenvalue weighted by Gasteiger charge is -2.09. The van der Waals surface area contributed by atoms with Gasteiger partial charge in [-0.25, -0.2) is 5.43 Å². The zero-order valence-electron chi connectivity index (χ0n) is 14.4. The Labute approximate surface area is 146 Å². The Kier molecular flexibility index (Phi) is 9.39. The zero-order valence-corrected chi connectivity index (χ0v) is 14.4. The molecule has 0 bridgehead atoms. The van der Waals surface area contributed by atoms with Gasteiger partial charge in [0.15, 0.2) is 11.5 Å². The molecule has 136 valence electrons. The Balaban J connectivity index is 2.53. The number of rotatable bonds is 10. The fraction of sp³-hybridized carbons (Fsp3) is 0.353. The van der Waals surface area contributed by atoms with Gasteiger partial charge in [0, 0.05) is 20.3 Å². The number of benzene rings is 1. The smallest absolute Gasteiger partial charge is 0.329 e. The molecule has 1 rings (SSSR count). The molecular weight excluding hydrogens is 326 g/mol. The van der Waals surface area contributed by atoms with Gasteiger partial charge in [0.05, 0.1) is 13.3 Å². The van der Waals surface area contributed by atoms with Gasteiger partial charge in [-0.3, -0.25) is 9.59 Å². The summed E-state index contributed by atoms with van der Waals surface area (Å²) < 4.78 is 15.5. The molecule has 1 aromatic rings. The number of carbonyl (C=O) groups is 2. The standard InChI is InChI=1S/C17H23N3O5/c1-4-9-25-14-7-6-13(11-15(14)24-3)12-19-20-17(22)16(21)18-8-5-10-23-2/h4,6-7,11-12H,1,5,8-10H2,2-3H3,(H,18,21)(H,20,22)/b19-12-. The molecule has 0 fully saturated rings. The predicted molar refractivity (Wildman–Crippen MR) is 93.9 cm³/mol. The first-order valence-electron chi connectivity index (χ1n) is 7.64. The minimum atomic E-state index is -0.841. The Morgan fingerprint density at radius 3 is 2.72 bits per heavy atom. The number of hydrazone groups is 1. The van der Waals surface area contributed by atoms with E-state index in [9.17, 15) is 9.59 Å². The Bertz CT molecular complexity index is 616. The molecule has 25 heavy (non-hydrogen) atoms. The first-order valence-corrected chi connectivity index (χ1v) is 7.64. The number of carbonyl (C=O) groups excluding carboxylic acids is 2. The number of methoxy groups -OCH3 is 2. The van der Waals surface area contributed by atoms with E-state index in [1.165, 1.54) is 13.3 Å². The largest absolute Gasteiger partial charge is 0.493 e. The average molecular weight is 349 g/mol.